The van der Waals surface area contributed by atoms with Gasteiger partial charge >= 0.3 is 0 Å². The van der Waals surface area contributed by atoms with Gasteiger partial charge in [0.05, 0.1) is 6.61 Å². The number of hydrogen-bond acceptors (Lipinski definition) is 3. The molecule has 0 aromatic rings. The van der Waals surface area contributed by atoms with Crippen molar-refractivity contribution in [2.24, 2.45) is 17.3 Å². The molecule has 1 saturated carbocycles. The summed E-state index contributed by atoms with van der Waals surface area (Å²) in [6.45, 7) is 14.0. The molecule has 0 aromatic heterocycles. The maximum absolute atomic E-state index is 9.37. The topological polar surface area (TPSA) is 35.5 Å². The number of likely N-dealkylation sites (N-methyl/N-ethyl adjacent to an activating group) is 1. The molecular weight excluding hydrogens is 260 g/mol. The summed E-state index contributed by atoms with van der Waals surface area (Å²) in [4.78, 5) is 2.33. The largest absolute Gasteiger partial charge is 0.395 e. The maximum atomic E-state index is 9.37. The second-order valence-corrected chi connectivity index (χ2v) is 8.17. The van der Waals surface area contributed by atoms with Crippen molar-refractivity contribution in [3.8, 4) is 0 Å². The van der Waals surface area contributed by atoms with Crippen LogP contribution in [0.4, 0.5) is 0 Å². The Kier molecular flexibility index (Phi) is 7.66. The molecule has 1 fully saturated rings. The number of aliphatic hydroxyl groups excluding tert-OH is 1. The highest BCUT2D eigenvalue weighted by Crippen LogP contribution is 2.40. The van der Waals surface area contributed by atoms with Gasteiger partial charge < -0.3 is 15.3 Å². The van der Waals surface area contributed by atoms with Crippen LogP contribution < -0.4 is 5.32 Å². The zero-order valence-corrected chi connectivity index (χ0v) is 15.2. The SMILES string of the molecule is CCCNC1CCC(C(C)(C)C)CC1CN(C)C(C)CO. The summed E-state index contributed by atoms with van der Waals surface area (Å²) >= 11 is 0. The molecule has 1 aliphatic rings. The Morgan fingerprint density at radius 2 is 1.95 bits per heavy atom. The summed E-state index contributed by atoms with van der Waals surface area (Å²) in [5, 5.41) is 13.1. The zero-order valence-electron chi connectivity index (χ0n) is 15.2. The van der Waals surface area contributed by atoms with Gasteiger partial charge in [0, 0.05) is 18.6 Å². The molecule has 2 N–H and O–H groups in total. The minimum atomic E-state index is 0.249. The lowest BCUT2D eigenvalue weighted by atomic mass is 9.67. The molecule has 1 rings (SSSR count). The van der Waals surface area contributed by atoms with Gasteiger partial charge in [0.15, 0.2) is 0 Å². The maximum Gasteiger partial charge on any atom is 0.0584 e. The highest BCUT2D eigenvalue weighted by atomic mass is 16.3. The fraction of sp³-hybridized carbons (Fsp3) is 1.00. The van der Waals surface area contributed by atoms with Crippen molar-refractivity contribution in [2.75, 3.05) is 26.7 Å². The third-order valence-corrected chi connectivity index (χ3v) is 5.40. The van der Waals surface area contributed by atoms with Crippen LogP contribution in [0, 0.1) is 17.3 Å². The highest BCUT2D eigenvalue weighted by Gasteiger charge is 2.36. The number of hydrogen-bond donors (Lipinski definition) is 2. The molecular formula is C18H38N2O. The Labute approximate surface area is 132 Å². The van der Waals surface area contributed by atoms with Gasteiger partial charge in [-0.15, -0.1) is 0 Å². The van der Waals surface area contributed by atoms with Crippen molar-refractivity contribution >= 4 is 0 Å². The molecule has 0 radical (unpaired) electrons. The van der Waals surface area contributed by atoms with Gasteiger partial charge in [-0.2, -0.15) is 0 Å². The van der Waals surface area contributed by atoms with Gasteiger partial charge in [0.2, 0.25) is 0 Å². The normalized spacial score (nSPS) is 28.9. The molecule has 3 nitrogen and oxygen atoms in total. The van der Waals surface area contributed by atoms with Crippen LogP contribution in [0.3, 0.4) is 0 Å². The first kappa shape index (κ1) is 18.9. The third-order valence-electron chi connectivity index (χ3n) is 5.40. The summed E-state index contributed by atoms with van der Waals surface area (Å²) in [5.41, 5.74) is 0.412. The van der Waals surface area contributed by atoms with E-state index in [0.29, 0.717) is 17.4 Å². The standard InChI is InChI=1S/C18H38N2O/c1-7-10-19-17-9-8-16(18(3,4)5)11-15(17)12-20(6)14(2)13-21/h14-17,19,21H,7-13H2,1-6H3. The molecule has 3 heteroatoms. The minimum absolute atomic E-state index is 0.249. The Morgan fingerprint density at radius 1 is 1.29 bits per heavy atom. The van der Waals surface area contributed by atoms with Gasteiger partial charge in [-0.3, -0.25) is 0 Å². The van der Waals surface area contributed by atoms with E-state index in [4.69, 9.17) is 0 Å². The summed E-state index contributed by atoms with van der Waals surface area (Å²) in [5.74, 6) is 1.52. The first-order valence-corrected chi connectivity index (χ1v) is 8.84. The first-order valence-electron chi connectivity index (χ1n) is 8.84. The van der Waals surface area contributed by atoms with Crippen molar-refractivity contribution in [3.05, 3.63) is 0 Å². The average molecular weight is 299 g/mol. The van der Waals surface area contributed by atoms with Crippen LogP contribution >= 0.6 is 0 Å². The fourth-order valence-electron chi connectivity index (χ4n) is 3.54. The number of aliphatic hydroxyl groups is 1. The van der Waals surface area contributed by atoms with Gasteiger partial charge in [-0.25, -0.2) is 0 Å². The molecule has 126 valence electrons. The lowest BCUT2D eigenvalue weighted by Crippen LogP contribution is -2.48. The van der Waals surface area contributed by atoms with Gasteiger partial charge in [0.25, 0.3) is 0 Å². The van der Waals surface area contributed by atoms with Crippen LogP contribution in [0.5, 0.6) is 0 Å². The molecule has 0 amide bonds. The van der Waals surface area contributed by atoms with Crippen molar-refractivity contribution in [3.63, 3.8) is 0 Å². The number of rotatable bonds is 7. The first-order chi connectivity index (χ1) is 9.79. The fourth-order valence-corrected chi connectivity index (χ4v) is 3.54. The summed E-state index contributed by atoms with van der Waals surface area (Å²) in [6.07, 6.45) is 5.16. The van der Waals surface area contributed by atoms with Crippen molar-refractivity contribution in [1.29, 1.82) is 0 Å². The average Bonchev–Trinajstić information content (AvgIpc) is 2.43. The third kappa shape index (κ3) is 5.88. The monoisotopic (exact) mass is 298 g/mol. The molecule has 4 atom stereocenters. The quantitative estimate of drug-likeness (QED) is 0.758. The van der Waals surface area contributed by atoms with E-state index in [2.05, 4.69) is 51.9 Å². The smallest absolute Gasteiger partial charge is 0.0584 e. The second-order valence-electron chi connectivity index (χ2n) is 8.17. The van der Waals surface area contributed by atoms with E-state index in [1.54, 1.807) is 0 Å². The zero-order chi connectivity index (χ0) is 16.0. The second kappa shape index (κ2) is 8.50. The van der Waals surface area contributed by atoms with E-state index in [0.717, 1.165) is 19.0 Å². The summed E-state index contributed by atoms with van der Waals surface area (Å²) < 4.78 is 0. The lowest BCUT2D eigenvalue weighted by Gasteiger charge is -2.44. The highest BCUT2D eigenvalue weighted by molar-refractivity contribution is 4.90. The van der Waals surface area contributed by atoms with Crippen LogP contribution in [0.2, 0.25) is 0 Å². The predicted octanol–water partition coefficient (Wildman–Crippen LogP) is 3.13. The number of nitrogens with one attached hydrogen (secondary N) is 1. The van der Waals surface area contributed by atoms with Gasteiger partial charge in [-0.05, 0) is 63.5 Å². The van der Waals surface area contributed by atoms with E-state index in [1.165, 1.54) is 25.7 Å². The predicted molar refractivity (Wildman–Crippen MR) is 91.5 cm³/mol. The molecule has 0 spiro atoms. The Hall–Kier alpha value is -0.120. The van der Waals surface area contributed by atoms with E-state index in [1.807, 2.05) is 0 Å². The van der Waals surface area contributed by atoms with Crippen LogP contribution in [0.15, 0.2) is 0 Å². The number of nitrogens with zero attached hydrogens (tertiary/aromatic N) is 1. The molecule has 4 unspecified atom stereocenters. The molecule has 0 aromatic carbocycles. The Bertz CT molecular complexity index is 287. The molecule has 0 bridgehead atoms. The molecule has 21 heavy (non-hydrogen) atoms. The lowest BCUT2D eigenvalue weighted by molar-refractivity contribution is 0.0734. The summed E-state index contributed by atoms with van der Waals surface area (Å²) in [6, 6.07) is 0.906. The molecule has 0 aliphatic heterocycles. The van der Waals surface area contributed by atoms with E-state index >= 15 is 0 Å². The molecule has 1 aliphatic carbocycles. The van der Waals surface area contributed by atoms with E-state index in [-0.39, 0.29) is 12.6 Å². The molecule has 0 heterocycles. The Morgan fingerprint density at radius 3 is 2.48 bits per heavy atom. The Balaban J connectivity index is 2.68. The van der Waals surface area contributed by atoms with Gasteiger partial charge in [0.1, 0.15) is 0 Å². The van der Waals surface area contributed by atoms with Crippen LogP contribution in [0.1, 0.15) is 60.3 Å². The van der Waals surface area contributed by atoms with Crippen LogP contribution in [-0.4, -0.2) is 48.8 Å². The van der Waals surface area contributed by atoms with Crippen molar-refractivity contribution < 1.29 is 5.11 Å². The van der Waals surface area contributed by atoms with Crippen LogP contribution in [-0.2, 0) is 0 Å². The van der Waals surface area contributed by atoms with E-state index in [9.17, 15) is 5.11 Å². The van der Waals surface area contributed by atoms with Crippen molar-refractivity contribution in [1.82, 2.24) is 10.2 Å². The van der Waals surface area contributed by atoms with Crippen LogP contribution in [0.25, 0.3) is 0 Å². The van der Waals surface area contributed by atoms with E-state index < -0.39 is 0 Å². The van der Waals surface area contributed by atoms with Gasteiger partial charge in [-0.1, -0.05) is 27.7 Å². The molecule has 0 saturated heterocycles. The minimum Gasteiger partial charge on any atom is -0.395 e. The van der Waals surface area contributed by atoms with Crippen molar-refractivity contribution in [2.45, 2.75) is 72.4 Å². The summed E-state index contributed by atoms with van der Waals surface area (Å²) in [7, 11) is 2.15.